The molecule has 0 radical (unpaired) electrons. The van der Waals surface area contributed by atoms with E-state index in [0.29, 0.717) is 6.04 Å². The van der Waals surface area contributed by atoms with Crippen LogP contribution in [0.5, 0.6) is 11.5 Å². The Morgan fingerprint density at radius 2 is 1.78 bits per heavy atom. The van der Waals surface area contributed by atoms with Crippen molar-refractivity contribution in [1.29, 1.82) is 0 Å². The molecule has 4 nitrogen and oxygen atoms in total. The van der Waals surface area contributed by atoms with E-state index in [-0.39, 0.29) is 24.8 Å². The van der Waals surface area contributed by atoms with Gasteiger partial charge in [-0.15, -0.1) is 24.8 Å². The van der Waals surface area contributed by atoms with Gasteiger partial charge in [0, 0.05) is 37.8 Å². The molecule has 1 heterocycles. The molecule has 1 saturated heterocycles. The van der Waals surface area contributed by atoms with Crippen molar-refractivity contribution in [3.63, 3.8) is 0 Å². The second-order valence-corrected chi connectivity index (χ2v) is 6.03. The van der Waals surface area contributed by atoms with E-state index in [9.17, 15) is 0 Å². The maximum Gasteiger partial charge on any atom is 0.123 e. The third kappa shape index (κ3) is 4.44. The zero-order chi connectivity index (χ0) is 14.7. The summed E-state index contributed by atoms with van der Waals surface area (Å²) in [7, 11) is 3.50. The Morgan fingerprint density at radius 1 is 1.09 bits per heavy atom. The first-order valence-electron chi connectivity index (χ1n) is 8.00. The fourth-order valence-electron chi connectivity index (χ4n) is 3.54. The van der Waals surface area contributed by atoms with Crippen LogP contribution in [0.2, 0.25) is 0 Å². The quantitative estimate of drug-likeness (QED) is 0.871. The largest absolute Gasteiger partial charge is 0.497 e. The maximum absolute atomic E-state index is 5.64. The lowest BCUT2D eigenvalue weighted by molar-refractivity contribution is 0.0817. The number of nitrogens with one attached hydrogen (secondary N) is 1. The third-order valence-electron chi connectivity index (χ3n) is 4.90. The van der Waals surface area contributed by atoms with Gasteiger partial charge in [-0.2, -0.15) is 0 Å². The summed E-state index contributed by atoms with van der Waals surface area (Å²) < 4.78 is 11.1. The molecule has 1 aromatic carbocycles. The second kappa shape index (κ2) is 9.58. The normalized spacial score (nSPS) is 19.7. The van der Waals surface area contributed by atoms with Crippen molar-refractivity contribution in [3.8, 4) is 11.5 Å². The first-order chi connectivity index (χ1) is 10.3. The minimum Gasteiger partial charge on any atom is -0.497 e. The molecule has 132 valence electrons. The molecule has 1 N–H and O–H groups in total. The number of ether oxygens (including phenoxy) is 2. The van der Waals surface area contributed by atoms with Crippen LogP contribution in [0.3, 0.4) is 0 Å². The lowest BCUT2D eigenvalue weighted by Gasteiger charge is -2.43. The number of methoxy groups -OCH3 is 2. The number of nitrogens with zero attached hydrogens (tertiary/aromatic N) is 1. The van der Waals surface area contributed by atoms with E-state index >= 15 is 0 Å². The van der Waals surface area contributed by atoms with Crippen molar-refractivity contribution in [2.75, 3.05) is 40.4 Å². The van der Waals surface area contributed by atoms with Gasteiger partial charge in [-0.05, 0) is 37.0 Å². The van der Waals surface area contributed by atoms with E-state index in [1.54, 1.807) is 14.2 Å². The van der Waals surface area contributed by atoms with E-state index in [0.717, 1.165) is 43.6 Å². The first kappa shape index (κ1) is 20.4. The molecule has 0 bridgehead atoms. The second-order valence-electron chi connectivity index (χ2n) is 6.03. The lowest BCUT2D eigenvalue weighted by Crippen LogP contribution is -2.47. The number of hydrogen-bond acceptors (Lipinski definition) is 4. The van der Waals surface area contributed by atoms with E-state index in [1.165, 1.54) is 24.8 Å². The smallest absolute Gasteiger partial charge is 0.123 e. The molecule has 1 saturated carbocycles. The van der Waals surface area contributed by atoms with E-state index in [2.05, 4.69) is 16.3 Å². The highest BCUT2D eigenvalue weighted by Crippen LogP contribution is 2.45. The van der Waals surface area contributed by atoms with Crippen molar-refractivity contribution >= 4 is 24.8 Å². The van der Waals surface area contributed by atoms with Gasteiger partial charge < -0.3 is 14.8 Å². The summed E-state index contributed by atoms with van der Waals surface area (Å²) in [6, 6.07) is 6.66. The van der Waals surface area contributed by atoms with Crippen LogP contribution in [0.15, 0.2) is 18.2 Å². The molecule has 23 heavy (non-hydrogen) atoms. The Labute approximate surface area is 151 Å². The van der Waals surface area contributed by atoms with Crippen LogP contribution in [-0.4, -0.2) is 45.3 Å². The molecule has 0 spiro atoms. The molecule has 2 fully saturated rings. The number of hydrogen-bond donors (Lipinski definition) is 1. The van der Waals surface area contributed by atoms with Crippen LogP contribution in [0.4, 0.5) is 0 Å². The van der Waals surface area contributed by atoms with Gasteiger partial charge in [0.15, 0.2) is 0 Å². The average molecular weight is 363 g/mol. The van der Waals surface area contributed by atoms with Crippen molar-refractivity contribution in [1.82, 2.24) is 10.2 Å². The van der Waals surface area contributed by atoms with Gasteiger partial charge in [-0.3, -0.25) is 4.90 Å². The molecule has 0 unspecified atom stereocenters. The van der Waals surface area contributed by atoms with Crippen LogP contribution in [0, 0.1) is 5.92 Å². The van der Waals surface area contributed by atoms with Crippen molar-refractivity contribution in [3.05, 3.63) is 23.8 Å². The molecule has 3 rings (SSSR count). The zero-order valence-electron chi connectivity index (χ0n) is 13.9. The van der Waals surface area contributed by atoms with Gasteiger partial charge in [0.2, 0.25) is 0 Å². The number of piperazine rings is 1. The molecule has 0 amide bonds. The Morgan fingerprint density at radius 3 is 2.30 bits per heavy atom. The van der Waals surface area contributed by atoms with Crippen LogP contribution < -0.4 is 14.8 Å². The summed E-state index contributed by atoms with van der Waals surface area (Å²) >= 11 is 0. The van der Waals surface area contributed by atoms with Crippen molar-refractivity contribution in [2.45, 2.75) is 25.3 Å². The highest BCUT2D eigenvalue weighted by Gasteiger charge is 2.35. The Bertz CT molecular complexity index is 478. The zero-order valence-corrected chi connectivity index (χ0v) is 15.5. The average Bonchev–Trinajstić information content (AvgIpc) is 2.51. The Balaban J connectivity index is 0.00000132. The third-order valence-corrected chi connectivity index (χ3v) is 4.90. The van der Waals surface area contributed by atoms with Crippen LogP contribution >= 0.6 is 24.8 Å². The van der Waals surface area contributed by atoms with Crippen LogP contribution in [0.25, 0.3) is 0 Å². The van der Waals surface area contributed by atoms with E-state index < -0.39 is 0 Å². The SMILES string of the molecule is COc1ccc(OC)c([C@@H](C2CCC2)N2CCNCC2)c1.Cl.Cl. The molecule has 1 aliphatic carbocycles. The van der Waals surface area contributed by atoms with Crippen LogP contribution in [0.1, 0.15) is 30.9 Å². The fraction of sp³-hybridized carbons (Fsp3) is 0.647. The molecule has 2 aliphatic rings. The Kier molecular flexibility index (Phi) is 8.48. The van der Waals surface area contributed by atoms with Gasteiger partial charge in [-0.25, -0.2) is 0 Å². The molecular formula is C17H28Cl2N2O2. The highest BCUT2D eigenvalue weighted by atomic mass is 35.5. The minimum absolute atomic E-state index is 0. The fourth-order valence-corrected chi connectivity index (χ4v) is 3.54. The van der Waals surface area contributed by atoms with Crippen LogP contribution in [-0.2, 0) is 0 Å². The number of benzene rings is 1. The molecule has 1 aromatic rings. The topological polar surface area (TPSA) is 33.7 Å². The summed E-state index contributed by atoms with van der Waals surface area (Å²) in [4.78, 5) is 2.62. The van der Waals surface area contributed by atoms with Gasteiger partial charge >= 0.3 is 0 Å². The summed E-state index contributed by atoms with van der Waals surface area (Å²) in [6.45, 7) is 4.38. The summed E-state index contributed by atoms with van der Waals surface area (Å²) in [5.74, 6) is 2.67. The predicted molar refractivity (Wildman–Crippen MR) is 98.6 cm³/mol. The van der Waals surface area contributed by atoms with E-state index in [1.807, 2.05) is 12.1 Å². The summed E-state index contributed by atoms with van der Waals surface area (Å²) in [6.07, 6.45) is 4.02. The lowest BCUT2D eigenvalue weighted by atomic mass is 9.76. The van der Waals surface area contributed by atoms with Gasteiger partial charge in [0.1, 0.15) is 11.5 Å². The molecule has 1 aliphatic heterocycles. The Hall–Kier alpha value is -0.680. The van der Waals surface area contributed by atoms with Gasteiger partial charge in [-0.1, -0.05) is 6.42 Å². The summed E-state index contributed by atoms with van der Waals surface area (Å²) in [5.41, 5.74) is 1.29. The van der Waals surface area contributed by atoms with Crippen molar-refractivity contribution in [2.24, 2.45) is 5.92 Å². The summed E-state index contributed by atoms with van der Waals surface area (Å²) in [5, 5.41) is 3.45. The predicted octanol–water partition coefficient (Wildman–Crippen LogP) is 3.29. The minimum atomic E-state index is 0. The van der Waals surface area contributed by atoms with Gasteiger partial charge in [0.25, 0.3) is 0 Å². The van der Waals surface area contributed by atoms with Gasteiger partial charge in [0.05, 0.1) is 14.2 Å². The molecule has 0 aromatic heterocycles. The van der Waals surface area contributed by atoms with E-state index in [4.69, 9.17) is 9.47 Å². The molecular weight excluding hydrogens is 335 g/mol. The maximum atomic E-state index is 5.64. The monoisotopic (exact) mass is 362 g/mol. The van der Waals surface area contributed by atoms with Crippen molar-refractivity contribution < 1.29 is 9.47 Å². The number of rotatable bonds is 5. The molecule has 6 heteroatoms. The number of halogens is 2. The first-order valence-corrected chi connectivity index (χ1v) is 8.00. The standard InChI is InChI=1S/C17H26N2O2.2ClH/c1-20-14-6-7-16(21-2)15(12-14)17(13-4-3-5-13)19-10-8-18-9-11-19;;/h6-7,12-13,17-18H,3-5,8-11H2,1-2H3;2*1H/t17-;;/m1../s1. The molecule has 1 atom stereocenters. The highest BCUT2D eigenvalue weighted by molar-refractivity contribution is 5.85.